The first-order valence-corrected chi connectivity index (χ1v) is 9.33. The molecule has 136 valence electrons. The molecule has 2 aromatic carbocycles. The monoisotopic (exact) mass is 364 g/mol. The number of fused-ring (bicyclic) bond motifs is 4. The zero-order chi connectivity index (χ0) is 19.3. The fourth-order valence-electron chi connectivity index (χ4n) is 4.05. The maximum absolute atomic E-state index is 5.03. The molecule has 0 bridgehead atoms. The zero-order valence-corrected chi connectivity index (χ0v) is 15.9. The van der Waals surface area contributed by atoms with Crippen molar-refractivity contribution in [2.24, 2.45) is 0 Å². The normalized spacial score (nSPS) is 11.9. The molecule has 28 heavy (non-hydrogen) atoms. The Balaban J connectivity index is 1.90. The zero-order valence-electron chi connectivity index (χ0n) is 15.9. The average molecular weight is 364 g/mol. The lowest BCUT2D eigenvalue weighted by Gasteiger charge is -2.07. The topological polar surface area (TPSA) is 57.4 Å². The molecule has 0 radical (unpaired) electrons. The fraction of sp³-hybridized carbons (Fsp3) is 0.0833. The van der Waals surface area contributed by atoms with E-state index in [9.17, 15) is 0 Å². The molecule has 0 fully saturated rings. The van der Waals surface area contributed by atoms with E-state index in [4.69, 9.17) is 4.98 Å². The van der Waals surface area contributed by atoms with E-state index in [1.807, 2.05) is 24.4 Å². The second kappa shape index (κ2) is 6.20. The fourth-order valence-corrected chi connectivity index (χ4v) is 4.05. The number of H-pyrrole nitrogens is 2. The Hall–Kier alpha value is -3.66. The third-order valence-corrected chi connectivity index (χ3v) is 5.32. The molecule has 3 aromatic heterocycles. The predicted molar refractivity (Wildman–Crippen MR) is 117 cm³/mol. The van der Waals surface area contributed by atoms with Gasteiger partial charge < -0.3 is 9.97 Å². The lowest BCUT2D eigenvalue weighted by Crippen LogP contribution is -1.90. The molecule has 5 rings (SSSR count). The highest BCUT2D eigenvalue weighted by molar-refractivity contribution is 6.10. The van der Waals surface area contributed by atoms with Crippen molar-refractivity contribution in [2.75, 3.05) is 0 Å². The lowest BCUT2D eigenvalue weighted by molar-refractivity contribution is 1.26. The number of para-hydroxylation sites is 1. The molecule has 0 aliphatic heterocycles. The van der Waals surface area contributed by atoms with Crippen molar-refractivity contribution >= 4 is 38.9 Å². The summed E-state index contributed by atoms with van der Waals surface area (Å²) in [6.45, 7) is 8.00. The highest BCUT2D eigenvalue weighted by Crippen LogP contribution is 2.36. The van der Waals surface area contributed by atoms with Crippen LogP contribution in [0.2, 0.25) is 0 Å². The van der Waals surface area contributed by atoms with Gasteiger partial charge in [0.25, 0.3) is 0 Å². The molecule has 0 amide bonds. The van der Waals surface area contributed by atoms with E-state index in [0.29, 0.717) is 0 Å². The second-order valence-corrected chi connectivity index (χ2v) is 7.01. The van der Waals surface area contributed by atoms with Gasteiger partial charge in [0.2, 0.25) is 0 Å². The highest BCUT2D eigenvalue weighted by atomic mass is 14.9. The van der Waals surface area contributed by atoms with Gasteiger partial charge in [-0.3, -0.25) is 4.98 Å². The number of aromatic nitrogens is 4. The van der Waals surface area contributed by atoms with Crippen LogP contribution in [0.1, 0.15) is 16.8 Å². The lowest BCUT2D eigenvalue weighted by atomic mass is 10.0. The number of aryl methyl sites for hydroxylation is 2. The first kappa shape index (κ1) is 16.5. The number of allylic oxidation sites excluding steroid dienone is 2. The molecule has 0 aliphatic carbocycles. The molecule has 4 nitrogen and oxygen atoms in total. The van der Waals surface area contributed by atoms with Crippen molar-refractivity contribution in [3.63, 3.8) is 0 Å². The molecular weight excluding hydrogens is 344 g/mol. The van der Waals surface area contributed by atoms with Crippen LogP contribution in [0.5, 0.6) is 0 Å². The Bertz CT molecular complexity index is 1400. The standard InChI is InChI=1S/C24H20N4/c1-4-5-9-16-14(2)21-18(11-8-13-25-21)23-22(16)27-24(28-23)20-15(3)26-19-12-7-6-10-17(19)20/h4-13,26H,1H2,2-3H3,(H,27,28)/b9-5-. The van der Waals surface area contributed by atoms with E-state index >= 15 is 0 Å². The smallest absolute Gasteiger partial charge is 0.140 e. The van der Waals surface area contributed by atoms with Crippen molar-refractivity contribution in [1.29, 1.82) is 0 Å². The summed E-state index contributed by atoms with van der Waals surface area (Å²) in [6, 6.07) is 12.4. The van der Waals surface area contributed by atoms with E-state index in [1.54, 1.807) is 6.08 Å². The largest absolute Gasteiger partial charge is 0.358 e. The van der Waals surface area contributed by atoms with Crippen LogP contribution in [0.3, 0.4) is 0 Å². The van der Waals surface area contributed by atoms with E-state index in [1.165, 1.54) is 5.39 Å². The maximum Gasteiger partial charge on any atom is 0.140 e. The SMILES string of the molecule is C=C/C=C\c1c(C)c2ncccc2c2nc(-c3c(C)[nH]c4ccccc34)[nH]c12. The third-order valence-electron chi connectivity index (χ3n) is 5.32. The number of hydrogen-bond donors (Lipinski definition) is 2. The summed E-state index contributed by atoms with van der Waals surface area (Å²) in [6.07, 6.45) is 7.64. The minimum absolute atomic E-state index is 0.869. The summed E-state index contributed by atoms with van der Waals surface area (Å²) in [5.41, 5.74) is 8.50. The number of benzene rings is 2. The van der Waals surface area contributed by atoms with Gasteiger partial charge in [0.05, 0.1) is 16.6 Å². The van der Waals surface area contributed by atoms with Crippen molar-refractivity contribution < 1.29 is 0 Å². The molecule has 0 aliphatic rings. The summed E-state index contributed by atoms with van der Waals surface area (Å²) >= 11 is 0. The minimum Gasteiger partial charge on any atom is -0.358 e. The summed E-state index contributed by atoms with van der Waals surface area (Å²) in [4.78, 5) is 16.7. The number of imidazole rings is 1. The highest BCUT2D eigenvalue weighted by Gasteiger charge is 2.18. The van der Waals surface area contributed by atoms with Gasteiger partial charge >= 0.3 is 0 Å². The number of pyridine rings is 1. The summed E-state index contributed by atoms with van der Waals surface area (Å²) in [5.74, 6) is 0.869. The Morgan fingerprint density at radius 2 is 1.79 bits per heavy atom. The minimum atomic E-state index is 0.869. The Labute approximate surface area is 162 Å². The van der Waals surface area contributed by atoms with Gasteiger partial charge in [-0.05, 0) is 37.6 Å². The molecule has 0 saturated carbocycles. The number of rotatable bonds is 3. The molecule has 0 spiro atoms. The number of aromatic amines is 2. The van der Waals surface area contributed by atoms with Gasteiger partial charge in [-0.15, -0.1) is 0 Å². The van der Waals surface area contributed by atoms with Crippen molar-refractivity contribution in [2.45, 2.75) is 13.8 Å². The van der Waals surface area contributed by atoms with Gasteiger partial charge in [0, 0.05) is 39.3 Å². The third kappa shape index (κ3) is 2.31. The molecule has 0 unspecified atom stereocenters. The average Bonchev–Trinajstić information content (AvgIpc) is 3.28. The molecule has 4 heteroatoms. The summed E-state index contributed by atoms with van der Waals surface area (Å²) in [7, 11) is 0. The van der Waals surface area contributed by atoms with Gasteiger partial charge in [0.1, 0.15) is 5.82 Å². The van der Waals surface area contributed by atoms with Crippen LogP contribution in [0.25, 0.3) is 50.3 Å². The van der Waals surface area contributed by atoms with Crippen LogP contribution in [0, 0.1) is 13.8 Å². The van der Waals surface area contributed by atoms with Crippen LogP contribution < -0.4 is 0 Å². The molecule has 5 aromatic rings. The van der Waals surface area contributed by atoms with Gasteiger partial charge in [-0.1, -0.05) is 43.0 Å². The van der Waals surface area contributed by atoms with Crippen molar-refractivity contribution in [3.05, 3.63) is 78.1 Å². The van der Waals surface area contributed by atoms with E-state index < -0.39 is 0 Å². The maximum atomic E-state index is 5.03. The second-order valence-electron chi connectivity index (χ2n) is 7.01. The molecule has 0 atom stereocenters. The van der Waals surface area contributed by atoms with E-state index in [-0.39, 0.29) is 0 Å². The number of hydrogen-bond acceptors (Lipinski definition) is 2. The van der Waals surface area contributed by atoms with Gasteiger partial charge in [-0.2, -0.15) is 0 Å². The Morgan fingerprint density at radius 1 is 0.964 bits per heavy atom. The van der Waals surface area contributed by atoms with E-state index in [0.717, 1.165) is 55.7 Å². The molecular formula is C24H20N4. The predicted octanol–water partition coefficient (Wildman–Crippen LogP) is 6.08. The Morgan fingerprint density at radius 3 is 2.64 bits per heavy atom. The van der Waals surface area contributed by atoms with Crippen LogP contribution in [-0.4, -0.2) is 19.9 Å². The Kier molecular flexibility index (Phi) is 3.66. The number of nitrogens with zero attached hydrogens (tertiary/aromatic N) is 2. The van der Waals surface area contributed by atoms with Gasteiger partial charge in [0.15, 0.2) is 0 Å². The number of nitrogens with one attached hydrogen (secondary N) is 2. The summed E-state index contributed by atoms with van der Waals surface area (Å²) < 4.78 is 0. The first-order chi connectivity index (χ1) is 13.7. The van der Waals surface area contributed by atoms with Crippen molar-refractivity contribution in [1.82, 2.24) is 19.9 Å². The van der Waals surface area contributed by atoms with Crippen LogP contribution in [-0.2, 0) is 0 Å². The molecule has 3 heterocycles. The van der Waals surface area contributed by atoms with Crippen LogP contribution >= 0.6 is 0 Å². The molecule has 2 N–H and O–H groups in total. The van der Waals surface area contributed by atoms with Crippen LogP contribution in [0.15, 0.2) is 61.3 Å². The molecule has 0 saturated heterocycles. The quantitative estimate of drug-likeness (QED) is 0.381. The first-order valence-electron chi connectivity index (χ1n) is 9.33. The van der Waals surface area contributed by atoms with Gasteiger partial charge in [-0.25, -0.2) is 4.98 Å². The van der Waals surface area contributed by atoms with Crippen molar-refractivity contribution in [3.8, 4) is 11.4 Å². The van der Waals surface area contributed by atoms with E-state index in [2.05, 4.69) is 65.7 Å². The van der Waals surface area contributed by atoms with Crippen LogP contribution in [0.4, 0.5) is 0 Å². The summed E-state index contributed by atoms with van der Waals surface area (Å²) in [5, 5.41) is 2.23.